The summed E-state index contributed by atoms with van der Waals surface area (Å²) in [7, 11) is 1.38. The molecule has 10 heteroatoms. The van der Waals surface area contributed by atoms with Crippen LogP contribution in [-0.2, 0) is 11.2 Å². The molecule has 3 N–H and O–H groups in total. The van der Waals surface area contributed by atoms with Crippen molar-refractivity contribution in [1.29, 1.82) is 0 Å². The van der Waals surface area contributed by atoms with Gasteiger partial charge in [0.15, 0.2) is 5.75 Å². The largest absolute Gasteiger partial charge is 0.490 e. The third-order valence-corrected chi connectivity index (χ3v) is 6.68. The molecule has 1 fully saturated rings. The lowest BCUT2D eigenvalue weighted by Gasteiger charge is -2.30. The van der Waals surface area contributed by atoms with Crippen molar-refractivity contribution in [3.05, 3.63) is 75.8 Å². The topological polar surface area (TPSA) is 134 Å². The van der Waals surface area contributed by atoms with Gasteiger partial charge in [0.2, 0.25) is 5.91 Å². The van der Waals surface area contributed by atoms with Crippen LogP contribution in [0.25, 0.3) is 11.1 Å². The van der Waals surface area contributed by atoms with Crippen LogP contribution in [0.1, 0.15) is 28.8 Å². The van der Waals surface area contributed by atoms with Gasteiger partial charge in [0, 0.05) is 19.2 Å². The van der Waals surface area contributed by atoms with Crippen LogP contribution in [0.15, 0.2) is 54.6 Å². The molecule has 1 unspecified atom stereocenters. The Morgan fingerprint density at radius 1 is 1.08 bits per heavy atom. The monoisotopic (exact) mass is 502 g/mol. The normalized spacial score (nSPS) is 16.5. The number of amides is 2. The zero-order valence-electron chi connectivity index (χ0n) is 20.2. The van der Waals surface area contributed by atoms with Crippen molar-refractivity contribution in [2.24, 2.45) is 0 Å². The van der Waals surface area contributed by atoms with E-state index in [-0.39, 0.29) is 29.7 Å². The highest BCUT2D eigenvalue weighted by atomic mass is 16.6. The van der Waals surface area contributed by atoms with Gasteiger partial charge < -0.3 is 25.4 Å². The molecular formula is C27H26N4O6. The molecule has 2 aliphatic heterocycles. The molecule has 0 spiro atoms. The lowest BCUT2D eigenvalue weighted by Crippen LogP contribution is -2.42. The number of hydrogen-bond acceptors (Lipinski definition) is 7. The minimum atomic E-state index is -0.502. The molecule has 0 aromatic heterocycles. The molecule has 2 amide bonds. The number of rotatable bonds is 5. The van der Waals surface area contributed by atoms with E-state index in [0.29, 0.717) is 47.7 Å². The van der Waals surface area contributed by atoms with Crippen molar-refractivity contribution in [3.63, 3.8) is 0 Å². The molecule has 3 aromatic carbocycles. The Morgan fingerprint density at radius 3 is 2.62 bits per heavy atom. The van der Waals surface area contributed by atoms with Gasteiger partial charge >= 0.3 is 5.69 Å². The molecule has 0 bridgehead atoms. The molecule has 2 heterocycles. The van der Waals surface area contributed by atoms with Gasteiger partial charge in [0.1, 0.15) is 0 Å². The number of likely N-dealkylation sites (tertiary alicyclic amines) is 1. The van der Waals surface area contributed by atoms with Gasteiger partial charge in [-0.05, 0) is 65.9 Å². The number of nitro benzene ring substituents is 1. The van der Waals surface area contributed by atoms with Crippen molar-refractivity contribution >= 4 is 34.6 Å². The molecule has 0 aliphatic carbocycles. The minimum Gasteiger partial charge on any atom is -0.490 e. The fourth-order valence-corrected chi connectivity index (χ4v) is 4.75. The molecule has 3 aromatic rings. The zero-order valence-corrected chi connectivity index (χ0v) is 20.2. The van der Waals surface area contributed by atoms with E-state index < -0.39 is 11.0 Å². The summed E-state index contributed by atoms with van der Waals surface area (Å²) >= 11 is 0. The van der Waals surface area contributed by atoms with E-state index in [2.05, 4.69) is 10.6 Å². The molecule has 1 atom stereocenters. The van der Waals surface area contributed by atoms with E-state index >= 15 is 0 Å². The highest BCUT2D eigenvalue weighted by Crippen LogP contribution is 2.37. The molecule has 1 saturated heterocycles. The molecule has 0 radical (unpaired) electrons. The van der Waals surface area contributed by atoms with Gasteiger partial charge in [0.05, 0.1) is 47.2 Å². The van der Waals surface area contributed by atoms with E-state index in [4.69, 9.17) is 4.74 Å². The maximum Gasteiger partial charge on any atom is 0.310 e. The van der Waals surface area contributed by atoms with Gasteiger partial charge in [-0.3, -0.25) is 19.7 Å². The second-order valence-corrected chi connectivity index (χ2v) is 9.18. The molecule has 2 aliphatic rings. The van der Waals surface area contributed by atoms with Crippen LogP contribution in [-0.4, -0.2) is 53.0 Å². The third kappa shape index (κ3) is 4.96. The Morgan fingerprint density at radius 2 is 1.86 bits per heavy atom. The molecular weight excluding hydrogens is 476 g/mol. The van der Waals surface area contributed by atoms with E-state index in [1.165, 1.54) is 13.2 Å². The highest BCUT2D eigenvalue weighted by molar-refractivity contribution is 6.12. The predicted octanol–water partition coefficient (Wildman–Crippen LogP) is 4.11. The van der Waals surface area contributed by atoms with Gasteiger partial charge in [-0.15, -0.1) is 0 Å². The van der Waals surface area contributed by atoms with Crippen LogP contribution >= 0.6 is 0 Å². The number of ether oxygens (including phenoxy) is 1. The van der Waals surface area contributed by atoms with Crippen LogP contribution < -0.4 is 15.4 Å². The first-order chi connectivity index (χ1) is 17.8. The quantitative estimate of drug-likeness (QED) is 0.353. The summed E-state index contributed by atoms with van der Waals surface area (Å²) in [6.07, 6.45) is 1.19. The van der Waals surface area contributed by atoms with Crippen molar-refractivity contribution in [1.82, 2.24) is 4.90 Å². The summed E-state index contributed by atoms with van der Waals surface area (Å²) in [5.74, 6) is -0.185. The minimum absolute atomic E-state index is 0.0498. The van der Waals surface area contributed by atoms with Crippen LogP contribution in [0.3, 0.4) is 0 Å². The number of nitrogens with zero attached hydrogens (tertiary/aromatic N) is 2. The van der Waals surface area contributed by atoms with Crippen molar-refractivity contribution < 1.29 is 24.4 Å². The van der Waals surface area contributed by atoms with E-state index in [9.17, 15) is 24.8 Å². The second-order valence-electron chi connectivity index (χ2n) is 9.18. The van der Waals surface area contributed by atoms with E-state index in [1.54, 1.807) is 41.3 Å². The van der Waals surface area contributed by atoms with Gasteiger partial charge in [0.25, 0.3) is 5.91 Å². The number of aliphatic hydroxyl groups is 1. The molecule has 10 nitrogen and oxygen atoms in total. The lowest BCUT2D eigenvalue weighted by molar-refractivity contribution is -0.385. The molecule has 0 saturated carbocycles. The SMILES string of the molecule is COc1cc(-c2ccc3c(c2)Nc2cc(CC(=O)N4CCCC(O)C4)ccc2NC3=O)ccc1[N+](=O)[O-]. The molecule has 5 rings (SSSR count). The van der Waals surface area contributed by atoms with Crippen molar-refractivity contribution in [2.75, 3.05) is 30.8 Å². The summed E-state index contributed by atoms with van der Waals surface area (Å²) in [5.41, 5.74) is 4.32. The number of aliphatic hydroxyl groups excluding tert-OH is 1. The standard InChI is InChI=1S/C27H26N4O6/c1-37-25-14-18(6-9-24(25)31(35)36)17-5-7-20-22(13-17)28-23-11-16(4-8-21(23)29-27(20)34)12-26(33)30-10-2-3-19(32)15-30/h4-9,11,13-14,19,28,32H,2-3,10,12,15H2,1H3,(H,29,34). The average Bonchev–Trinajstić information content (AvgIpc) is 3.03. The van der Waals surface area contributed by atoms with Crippen molar-refractivity contribution in [2.45, 2.75) is 25.4 Å². The molecule has 37 heavy (non-hydrogen) atoms. The number of piperidine rings is 1. The Hall–Kier alpha value is -4.44. The van der Waals surface area contributed by atoms with Crippen LogP contribution in [0, 0.1) is 10.1 Å². The summed E-state index contributed by atoms with van der Waals surface area (Å²) in [6, 6.07) is 15.3. The number of fused-ring (bicyclic) bond motifs is 2. The van der Waals surface area contributed by atoms with Crippen molar-refractivity contribution in [3.8, 4) is 16.9 Å². The van der Waals surface area contributed by atoms with Gasteiger partial charge in [-0.1, -0.05) is 12.1 Å². The number of carbonyl (C=O) groups excluding carboxylic acids is 2. The lowest BCUT2D eigenvalue weighted by atomic mass is 10.0. The number of anilines is 3. The number of nitro groups is 1. The zero-order chi connectivity index (χ0) is 26.1. The highest BCUT2D eigenvalue weighted by Gasteiger charge is 2.24. The smallest absolute Gasteiger partial charge is 0.310 e. The Bertz CT molecular complexity index is 1410. The maximum atomic E-state index is 12.9. The second kappa shape index (κ2) is 9.90. The summed E-state index contributed by atoms with van der Waals surface area (Å²) in [5, 5.41) is 27.4. The number of nitrogens with one attached hydrogen (secondary N) is 2. The fourth-order valence-electron chi connectivity index (χ4n) is 4.75. The van der Waals surface area contributed by atoms with Gasteiger partial charge in [-0.2, -0.15) is 0 Å². The van der Waals surface area contributed by atoms with Gasteiger partial charge in [-0.25, -0.2) is 0 Å². The van der Waals surface area contributed by atoms with Crippen LogP contribution in [0.4, 0.5) is 22.7 Å². The summed E-state index contributed by atoms with van der Waals surface area (Å²) in [4.78, 5) is 38.1. The predicted molar refractivity (Wildman–Crippen MR) is 138 cm³/mol. The van der Waals surface area contributed by atoms with E-state index in [1.807, 2.05) is 12.1 Å². The Kier molecular flexibility index (Phi) is 6.49. The van der Waals surface area contributed by atoms with Crippen LogP contribution in [0.5, 0.6) is 5.75 Å². The number of methoxy groups -OCH3 is 1. The first kappa shape index (κ1) is 24.3. The number of benzene rings is 3. The average molecular weight is 503 g/mol. The third-order valence-electron chi connectivity index (χ3n) is 6.68. The molecule has 190 valence electrons. The number of hydrogen-bond donors (Lipinski definition) is 3. The number of carbonyl (C=O) groups is 2. The first-order valence-electron chi connectivity index (χ1n) is 12.0. The maximum absolute atomic E-state index is 12.9. The van der Waals surface area contributed by atoms with Crippen LogP contribution in [0.2, 0.25) is 0 Å². The summed E-state index contributed by atoms with van der Waals surface area (Å²) < 4.78 is 5.19. The summed E-state index contributed by atoms with van der Waals surface area (Å²) in [6.45, 7) is 0.986. The Labute approximate surface area is 213 Å². The van der Waals surface area contributed by atoms with E-state index in [0.717, 1.165) is 17.5 Å². The fraction of sp³-hybridized carbons (Fsp3) is 0.259. The first-order valence-corrected chi connectivity index (χ1v) is 12.0. The number of β-amino-alcohol motifs (C(OH)–C–C–N with tert-alkyl or cyclic N) is 1. The Balaban J connectivity index is 1.43.